The highest BCUT2D eigenvalue weighted by atomic mass is 16.7. The van der Waals surface area contributed by atoms with Gasteiger partial charge in [-0.1, -0.05) is 6.92 Å². The standard InChI is InChI=1S/C9H14O5/c1-5(4-12-2)6-7(13-3)9(11)14-8(6)10/h5,9,11H,4H2,1-3H3/t5-,9+/m0/s1. The van der Waals surface area contributed by atoms with Gasteiger partial charge in [-0.05, 0) is 0 Å². The number of esters is 1. The van der Waals surface area contributed by atoms with E-state index in [-0.39, 0.29) is 11.7 Å². The van der Waals surface area contributed by atoms with E-state index in [0.29, 0.717) is 12.2 Å². The molecule has 0 aliphatic carbocycles. The van der Waals surface area contributed by atoms with E-state index in [1.807, 2.05) is 0 Å². The van der Waals surface area contributed by atoms with Gasteiger partial charge in [-0.25, -0.2) is 4.79 Å². The van der Waals surface area contributed by atoms with Crippen LogP contribution in [0.1, 0.15) is 6.92 Å². The Labute approximate surface area is 82.3 Å². The van der Waals surface area contributed by atoms with Crippen LogP contribution in [0, 0.1) is 5.92 Å². The van der Waals surface area contributed by atoms with Crippen LogP contribution in [0.2, 0.25) is 0 Å². The van der Waals surface area contributed by atoms with Gasteiger partial charge in [0.05, 0.1) is 19.3 Å². The third kappa shape index (κ3) is 1.88. The van der Waals surface area contributed by atoms with Crippen LogP contribution in [-0.2, 0) is 19.0 Å². The molecule has 0 saturated carbocycles. The molecule has 1 heterocycles. The van der Waals surface area contributed by atoms with Crippen LogP contribution in [-0.4, -0.2) is 38.2 Å². The van der Waals surface area contributed by atoms with Crippen molar-refractivity contribution in [3.05, 3.63) is 11.3 Å². The molecule has 0 radical (unpaired) electrons. The van der Waals surface area contributed by atoms with Crippen molar-refractivity contribution in [3.8, 4) is 0 Å². The van der Waals surface area contributed by atoms with Crippen molar-refractivity contribution < 1.29 is 24.1 Å². The van der Waals surface area contributed by atoms with E-state index in [2.05, 4.69) is 4.74 Å². The summed E-state index contributed by atoms with van der Waals surface area (Å²) in [4.78, 5) is 11.3. The first-order valence-electron chi connectivity index (χ1n) is 4.27. The maximum Gasteiger partial charge on any atom is 0.340 e. The SMILES string of the molecule is COC[C@H](C)C1=C(OC)[C@H](O)OC1=O. The summed E-state index contributed by atoms with van der Waals surface area (Å²) < 4.78 is 14.4. The molecular weight excluding hydrogens is 188 g/mol. The van der Waals surface area contributed by atoms with Gasteiger partial charge in [0.15, 0.2) is 5.76 Å². The van der Waals surface area contributed by atoms with Crippen LogP contribution in [0.5, 0.6) is 0 Å². The van der Waals surface area contributed by atoms with E-state index in [9.17, 15) is 9.90 Å². The van der Waals surface area contributed by atoms with Crippen LogP contribution >= 0.6 is 0 Å². The van der Waals surface area contributed by atoms with Crippen LogP contribution in [0.15, 0.2) is 11.3 Å². The number of ether oxygens (including phenoxy) is 3. The summed E-state index contributed by atoms with van der Waals surface area (Å²) in [5.41, 5.74) is 0.349. The largest absolute Gasteiger partial charge is 0.494 e. The molecule has 0 bridgehead atoms. The molecule has 14 heavy (non-hydrogen) atoms. The summed E-state index contributed by atoms with van der Waals surface area (Å²) in [5, 5.41) is 9.28. The minimum Gasteiger partial charge on any atom is -0.494 e. The predicted octanol–water partition coefficient (Wildman–Crippen LogP) is 0.0446. The molecule has 0 unspecified atom stereocenters. The van der Waals surface area contributed by atoms with Gasteiger partial charge in [-0.15, -0.1) is 0 Å². The second kappa shape index (κ2) is 4.43. The van der Waals surface area contributed by atoms with E-state index in [1.54, 1.807) is 14.0 Å². The molecule has 0 fully saturated rings. The Morgan fingerprint density at radius 3 is 2.71 bits per heavy atom. The lowest BCUT2D eigenvalue weighted by Gasteiger charge is -2.10. The first kappa shape index (κ1) is 11.0. The third-order valence-corrected chi connectivity index (χ3v) is 2.06. The molecule has 5 heteroatoms. The van der Waals surface area contributed by atoms with Crippen molar-refractivity contribution in [2.45, 2.75) is 13.2 Å². The summed E-state index contributed by atoms with van der Waals surface area (Å²) in [7, 11) is 2.93. The lowest BCUT2D eigenvalue weighted by molar-refractivity contribution is -0.154. The summed E-state index contributed by atoms with van der Waals surface area (Å²) in [6.45, 7) is 2.18. The zero-order chi connectivity index (χ0) is 10.7. The van der Waals surface area contributed by atoms with Gasteiger partial charge in [-0.2, -0.15) is 0 Å². The summed E-state index contributed by atoms with van der Waals surface area (Å²) in [5.74, 6) is -0.516. The smallest absolute Gasteiger partial charge is 0.340 e. The summed E-state index contributed by atoms with van der Waals surface area (Å²) in [6.07, 6.45) is -1.28. The fraction of sp³-hybridized carbons (Fsp3) is 0.667. The number of aliphatic hydroxyl groups is 1. The number of carbonyl (C=O) groups excluding carboxylic acids is 1. The molecule has 0 amide bonds. The average molecular weight is 202 g/mol. The Bertz CT molecular complexity index is 258. The minimum absolute atomic E-state index is 0.153. The van der Waals surface area contributed by atoms with Gasteiger partial charge in [0.2, 0.25) is 0 Å². The molecule has 1 N–H and O–H groups in total. The second-order valence-electron chi connectivity index (χ2n) is 3.10. The molecule has 80 valence electrons. The number of cyclic esters (lactones) is 1. The molecule has 0 saturated heterocycles. The normalized spacial score (nSPS) is 23.7. The molecule has 1 aliphatic heterocycles. The second-order valence-corrected chi connectivity index (χ2v) is 3.10. The molecule has 0 aromatic heterocycles. The fourth-order valence-electron chi connectivity index (χ4n) is 1.44. The van der Waals surface area contributed by atoms with Crippen molar-refractivity contribution in [3.63, 3.8) is 0 Å². The van der Waals surface area contributed by atoms with E-state index in [4.69, 9.17) is 9.47 Å². The monoisotopic (exact) mass is 202 g/mol. The van der Waals surface area contributed by atoms with Gasteiger partial charge in [0.25, 0.3) is 6.29 Å². The lowest BCUT2D eigenvalue weighted by Crippen LogP contribution is -2.13. The van der Waals surface area contributed by atoms with Crippen molar-refractivity contribution >= 4 is 5.97 Å². The Morgan fingerprint density at radius 1 is 1.57 bits per heavy atom. The highest BCUT2D eigenvalue weighted by Gasteiger charge is 2.36. The average Bonchev–Trinajstić information content (AvgIpc) is 2.40. The molecular formula is C9H14O5. The first-order valence-corrected chi connectivity index (χ1v) is 4.27. The quantitative estimate of drug-likeness (QED) is 0.652. The van der Waals surface area contributed by atoms with E-state index in [0.717, 1.165) is 0 Å². The van der Waals surface area contributed by atoms with Crippen LogP contribution < -0.4 is 0 Å². The molecule has 5 nitrogen and oxygen atoms in total. The highest BCUT2D eigenvalue weighted by molar-refractivity contribution is 5.92. The molecule has 0 spiro atoms. The predicted molar refractivity (Wildman–Crippen MR) is 47.2 cm³/mol. The number of rotatable bonds is 4. The number of methoxy groups -OCH3 is 2. The Kier molecular flexibility index (Phi) is 3.49. The van der Waals surface area contributed by atoms with Crippen molar-refractivity contribution in [1.29, 1.82) is 0 Å². The fourth-order valence-corrected chi connectivity index (χ4v) is 1.44. The van der Waals surface area contributed by atoms with Crippen LogP contribution in [0.3, 0.4) is 0 Å². The third-order valence-electron chi connectivity index (χ3n) is 2.06. The number of carbonyl (C=O) groups is 1. The van der Waals surface area contributed by atoms with Crippen molar-refractivity contribution in [2.24, 2.45) is 5.92 Å². The van der Waals surface area contributed by atoms with E-state index in [1.165, 1.54) is 7.11 Å². The van der Waals surface area contributed by atoms with Gasteiger partial charge in [0.1, 0.15) is 0 Å². The molecule has 1 aliphatic rings. The number of aliphatic hydroxyl groups excluding tert-OH is 1. The molecule has 2 atom stereocenters. The molecule has 0 aromatic carbocycles. The maximum atomic E-state index is 11.3. The van der Waals surface area contributed by atoms with Gasteiger partial charge in [-0.3, -0.25) is 0 Å². The van der Waals surface area contributed by atoms with Crippen molar-refractivity contribution in [2.75, 3.05) is 20.8 Å². The minimum atomic E-state index is -1.28. The molecule has 0 aromatic rings. The summed E-state index contributed by atoms with van der Waals surface area (Å²) >= 11 is 0. The Morgan fingerprint density at radius 2 is 2.21 bits per heavy atom. The first-order chi connectivity index (χ1) is 6.61. The lowest BCUT2D eigenvalue weighted by atomic mass is 10.0. The van der Waals surface area contributed by atoms with Gasteiger partial charge >= 0.3 is 5.97 Å². The topological polar surface area (TPSA) is 65.0 Å². The zero-order valence-electron chi connectivity index (χ0n) is 8.44. The van der Waals surface area contributed by atoms with Gasteiger partial charge < -0.3 is 19.3 Å². The highest BCUT2D eigenvalue weighted by Crippen LogP contribution is 2.27. The molecule has 1 rings (SSSR count). The zero-order valence-corrected chi connectivity index (χ0v) is 8.44. The van der Waals surface area contributed by atoms with E-state index < -0.39 is 12.3 Å². The number of hydrogen-bond acceptors (Lipinski definition) is 5. The number of hydrogen-bond donors (Lipinski definition) is 1. The van der Waals surface area contributed by atoms with Crippen molar-refractivity contribution in [1.82, 2.24) is 0 Å². The summed E-state index contributed by atoms with van der Waals surface area (Å²) in [6, 6.07) is 0. The Hall–Kier alpha value is -1.07. The Balaban J connectivity index is 2.90. The van der Waals surface area contributed by atoms with E-state index >= 15 is 0 Å². The van der Waals surface area contributed by atoms with Gasteiger partial charge in [0, 0.05) is 13.0 Å². The van der Waals surface area contributed by atoms with Crippen LogP contribution in [0.25, 0.3) is 0 Å². The maximum absolute atomic E-state index is 11.3. The van der Waals surface area contributed by atoms with Crippen LogP contribution in [0.4, 0.5) is 0 Å².